The number of anilines is 1. The summed E-state index contributed by atoms with van der Waals surface area (Å²) < 4.78 is 38.1. The number of rotatable bonds is 8. The highest BCUT2D eigenvalue weighted by atomic mass is 32.2. The summed E-state index contributed by atoms with van der Waals surface area (Å²) in [7, 11) is -2.14. The topological polar surface area (TPSA) is 128 Å². The molecule has 35 heavy (non-hydrogen) atoms. The van der Waals surface area contributed by atoms with Gasteiger partial charge in [-0.1, -0.05) is 42.5 Å². The lowest BCUT2D eigenvalue weighted by Crippen LogP contribution is -2.28. The quantitative estimate of drug-likeness (QED) is 0.434. The van der Waals surface area contributed by atoms with E-state index in [4.69, 9.17) is 9.47 Å². The van der Waals surface area contributed by atoms with Crippen LogP contribution in [0.3, 0.4) is 0 Å². The van der Waals surface area contributed by atoms with Crippen molar-refractivity contribution in [3.8, 4) is 0 Å². The molecule has 11 heteroatoms. The third kappa shape index (κ3) is 5.52. The number of hydrogen-bond acceptors (Lipinski definition) is 8. The van der Waals surface area contributed by atoms with E-state index in [1.54, 1.807) is 12.1 Å². The van der Waals surface area contributed by atoms with Gasteiger partial charge in [-0.25, -0.2) is 18.0 Å². The van der Waals surface area contributed by atoms with Gasteiger partial charge in [-0.3, -0.25) is 9.52 Å². The summed E-state index contributed by atoms with van der Waals surface area (Å²) in [6, 6.07) is 15.0. The number of carbonyl (C=O) groups is 3. The first-order valence-corrected chi connectivity index (χ1v) is 12.7. The number of ether oxygens (including phenoxy) is 2. The summed E-state index contributed by atoms with van der Waals surface area (Å²) in [5.41, 5.74) is 0.819. The number of thiophene rings is 1. The second-order valence-electron chi connectivity index (χ2n) is 7.46. The van der Waals surface area contributed by atoms with Gasteiger partial charge < -0.3 is 14.8 Å². The number of methoxy groups -OCH3 is 2. The fourth-order valence-electron chi connectivity index (χ4n) is 3.36. The molecule has 3 rings (SSSR count). The van der Waals surface area contributed by atoms with Crippen LogP contribution >= 0.6 is 11.3 Å². The lowest BCUT2D eigenvalue weighted by atomic mass is 10.1. The Kier molecular flexibility index (Phi) is 7.92. The molecule has 0 spiro atoms. The summed E-state index contributed by atoms with van der Waals surface area (Å²) >= 11 is 0.584. The Labute approximate surface area is 207 Å². The first kappa shape index (κ1) is 25.9. The van der Waals surface area contributed by atoms with Crippen molar-refractivity contribution in [2.75, 3.05) is 18.9 Å². The summed E-state index contributed by atoms with van der Waals surface area (Å²) in [5, 5.41) is 2.85. The summed E-state index contributed by atoms with van der Waals surface area (Å²) in [6.45, 7) is 3.24. The van der Waals surface area contributed by atoms with Crippen LogP contribution in [0.5, 0.6) is 0 Å². The number of sulfonamides is 1. The fourth-order valence-corrected chi connectivity index (χ4v) is 6.19. The van der Waals surface area contributed by atoms with E-state index in [1.807, 2.05) is 37.3 Å². The SMILES string of the molecule is COC(=O)c1sc(S(=O)(=O)Nc2ccccc2C(=O)N[C@H](C)c2ccccc2)c(C(=O)OC)c1C. The number of amides is 1. The number of hydrogen-bond donors (Lipinski definition) is 2. The Morgan fingerprint density at radius 2 is 1.51 bits per heavy atom. The van der Waals surface area contributed by atoms with Crippen LogP contribution in [0.1, 0.15) is 54.5 Å². The van der Waals surface area contributed by atoms with Crippen molar-refractivity contribution < 1.29 is 32.3 Å². The minimum absolute atomic E-state index is 0.00625. The Hall–Kier alpha value is -3.70. The smallest absolute Gasteiger partial charge is 0.348 e. The van der Waals surface area contributed by atoms with Crippen LogP contribution in [-0.4, -0.2) is 40.5 Å². The Morgan fingerprint density at radius 3 is 2.14 bits per heavy atom. The van der Waals surface area contributed by atoms with Gasteiger partial charge in [0, 0.05) is 0 Å². The number of esters is 2. The van der Waals surface area contributed by atoms with Crippen molar-refractivity contribution in [3.05, 3.63) is 81.7 Å². The third-order valence-electron chi connectivity index (χ3n) is 5.18. The summed E-state index contributed by atoms with van der Waals surface area (Å²) in [4.78, 5) is 37.5. The van der Waals surface area contributed by atoms with Crippen LogP contribution in [0.4, 0.5) is 5.69 Å². The monoisotopic (exact) mass is 516 g/mol. The van der Waals surface area contributed by atoms with Crippen LogP contribution < -0.4 is 10.0 Å². The van der Waals surface area contributed by atoms with E-state index in [0.717, 1.165) is 19.8 Å². The van der Waals surface area contributed by atoms with Crippen molar-refractivity contribution >= 4 is 44.9 Å². The highest BCUT2D eigenvalue weighted by Gasteiger charge is 2.33. The Balaban J connectivity index is 1.97. The predicted octanol–water partition coefficient (Wildman–Crippen LogP) is 3.92. The zero-order valence-electron chi connectivity index (χ0n) is 19.4. The van der Waals surface area contributed by atoms with Gasteiger partial charge in [0.05, 0.1) is 37.1 Å². The maximum Gasteiger partial charge on any atom is 0.348 e. The molecule has 0 bridgehead atoms. The number of carbonyl (C=O) groups excluding carboxylic acids is 3. The molecule has 0 saturated carbocycles. The van der Waals surface area contributed by atoms with Crippen molar-refractivity contribution in [1.29, 1.82) is 0 Å². The molecule has 0 unspecified atom stereocenters. The third-order valence-corrected chi connectivity index (χ3v) is 8.34. The van der Waals surface area contributed by atoms with E-state index in [9.17, 15) is 22.8 Å². The van der Waals surface area contributed by atoms with Gasteiger partial charge in [0.15, 0.2) is 4.21 Å². The van der Waals surface area contributed by atoms with Gasteiger partial charge in [0.25, 0.3) is 15.9 Å². The Bertz CT molecular complexity index is 1370. The highest BCUT2D eigenvalue weighted by molar-refractivity contribution is 7.94. The molecule has 0 fully saturated rings. The van der Waals surface area contributed by atoms with Gasteiger partial charge in [0.2, 0.25) is 0 Å². The van der Waals surface area contributed by atoms with Gasteiger partial charge in [-0.15, -0.1) is 11.3 Å². The van der Waals surface area contributed by atoms with Gasteiger partial charge in [-0.05, 0) is 37.1 Å². The molecule has 3 aromatic rings. The Morgan fingerprint density at radius 1 is 0.914 bits per heavy atom. The predicted molar refractivity (Wildman–Crippen MR) is 131 cm³/mol. The number of benzene rings is 2. The molecular formula is C24H24N2O7S2. The molecule has 184 valence electrons. The molecule has 1 amide bonds. The maximum absolute atomic E-state index is 13.3. The lowest BCUT2D eigenvalue weighted by Gasteiger charge is -2.17. The van der Waals surface area contributed by atoms with E-state index >= 15 is 0 Å². The maximum atomic E-state index is 13.3. The highest BCUT2D eigenvalue weighted by Crippen LogP contribution is 2.34. The van der Waals surface area contributed by atoms with Gasteiger partial charge in [-0.2, -0.15) is 0 Å². The standard InChI is InChI=1S/C24H24N2O7S2/c1-14-19(22(28)32-3)24(34-20(14)23(29)33-4)35(30,31)26-18-13-9-8-12-17(18)21(27)25-15(2)16-10-6-5-7-11-16/h5-13,15,26H,1-4H3,(H,25,27)/t15-/m1/s1. The second kappa shape index (κ2) is 10.7. The normalized spacial score (nSPS) is 11.9. The molecule has 2 N–H and O–H groups in total. The minimum Gasteiger partial charge on any atom is -0.465 e. The molecule has 1 atom stereocenters. The molecule has 1 heterocycles. The number of para-hydroxylation sites is 1. The molecule has 0 aliphatic carbocycles. The van der Waals surface area contributed by atoms with Gasteiger partial charge in [0.1, 0.15) is 4.88 Å². The zero-order valence-corrected chi connectivity index (χ0v) is 21.1. The average Bonchev–Trinajstić information content (AvgIpc) is 3.21. The second-order valence-corrected chi connectivity index (χ2v) is 10.4. The molecule has 0 radical (unpaired) electrons. The molecular weight excluding hydrogens is 492 g/mol. The molecule has 1 aromatic heterocycles. The van der Waals surface area contributed by atoms with Crippen molar-refractivity contribution in [2.45, 2.75) is 24.1 Å². The van der Waals surface area contributed by atoms with E-state index in [-0.39, 0.29) is 33.3 Å². The molecule has 0 aliphatic heterocycles. The van der Waals surface area contributed by atoms with Crippen LogP contribution in [0.15, 0.2) is 58.8 Å². The van der Waals surface area contributed by atoms with Crippen LogP contribution in [-0.2, 0) is 19.5 Å². The lowest BCUT2D eigenvalue weighted by molar-refractivity contribution is 0.0596. The van der Waals surface area contributed by atoms with E-state index in [1.165, 1.54) is 19.1 Å². The summed E-state index contributed by atoms with van der Waals surface area (Å²) in [6.07, 6.45) is 0. The largest absolute Gasteiger partial charge is 0.465 e. The van der Waals surface area contributed by atoms with Gasteiger partial charge >= 0.3 is 11.9 Å². The molecule has 2 aromatic carbocycles. The van der Waals surface area contributed by atoms with E-state index in [0.29, 0.717) is 11.3 Å². The fraction of sp³-hybridized carbons (Fsp3) is 0.208. The molecule has 0 aliphatic rings. The van der Waals surface area contributed by atoms with Crippen LogP contribution in [0, 0.1) is 6.92 Å². The minimum atomic E-state index is -4.40. The zero-order chi connectivity index (χ0) is 25.8. The molecule has 9 nitrogen and oxygen atoms in total. The number of nitrogens with one attached hydrogen (secondary N) is 2. The van der Waals surface area contributed by atoms with Crippen molar-refractivity contribution in [1.82, 2.24) is 5.32 Å². The van der Waals surface area contributed by atoms with E-state index < -0.39 is 32.1 Å². The van der Waals surface area contributed by atoms with Crippen LogP contribution in [0.25, 0.3) is 0 Å². The van der Waals surface area contributed by atoms with Crippen molar-refractivity contribution in [2.24, 2.45) is 0 Å². The molecule has 0 saturated heterocycles. The first-order chi connectivity index (χ1) is 16.6. The first-order valence-electron chi connectivity index (χ1n) is 10.4. The average molecular weight is 517 g/mol. The van der Waals surface area contributed by atoms with Crippen molar-refractivity contribution in [3.63, 3.8) is 0 Å². The van der Waals surface area contributed by atoms with E-state index in [2.05, 4.69) is 10.0 Å². The van der Waals surface area contributed by atoms with Crippen LogP contribution in [0.2, 0.25) is 0 Å². The summed E-state index contributed by atoms with van der Waals surface area (Å²) in [5.74, 6) is -2.20.